The van der Waals surface area contributed by atoms with E-state index in [1.165, 1.54) is 16.0 Å². The number of thiophene rings is 1. The van der Waals surface area contributed by atoms with Crippen LogP contribution >= 0.6 is 11.3 Å². The largest absolute Gasteiger partial charge is 0.333 e. The summed E-state index contributed by atoms with van der Waals surface area (Å²) in [6.45, 7) is 6.52. The summed E-state index contributed by atoms with van der Waals surface area (Å²) >= 11 is 1.71. The molecule has 0 aliphatic heterocycles. The van der Waals surface area contributed by atoms with Gasteiger partial charge in [-0.3, -0.25) is 4.79 Å². The van der Waals surface area contributed by atoms with Crippen LogP contribution in [0.4, 0.5) is 0 Å². The van der Waals surface area contributed by atoms with E-state index >= 15 is 0 Å². The first-order valence-electron chi connectivity index (χ1n) is 9.62. The minimum Gasteiger partial charge on any atom is -0.333 e. The van der Waals surface area contributed by atoms with Crippen LogP contribution in [-0.2, 0) is 4.79 Å². The van der Waals surface area contributed by atoms with Gasteiger partial charge in [0, 0.05) is 5.56 Å². The monoisotopic (exact) mass is 382 g/mol. The van der Waals surface area contributed by atoms with Gasteiger partial charge in [0.05, 0.1) is 10.9 Å². The maximum atomic E-state index is 12.5. The predicted octanol–water partition coefficient (Wildman–Crippen LogP) is 3.33. The average molecular weight is 383 g/mol. The highest BCUT2D eigenvalue weighted by Crippen LogP contribution is 2.39. The highest BCUT2D eigenvalue weighted by atomic mass is 32.1. The molecule has 1 aromatic carbocycles. The van der Waals surface area contributed by atoms with Crippen LogP contribution in [0.25, 0.3) is 0 Å². The molecule has 2 atom stereocenters. The number of nitrogens with one attached hydrogen (secondary N) is 1. The Labute approximate surface area is 165 Å². The van der Waals surface area contributed by atoms with Crippen molar-refractivity contribution in [1.29, 1.82) is 5.26 Å². The van der Waals surface area contributed by atoms with Crippen molar-refractivity contribution >= 4 is 17.2 Å². The Morgan fingerprint density at radius 1 is 1.30 bits per heavy atom. The van der Waals surface area contributed by atoms with Gasteiger partial charge in [0.15, 0.2) is 6.54 Å². The molecule has 27 heavy (non-hydrogen) atoms. The van der Waals surface area contributed by atoms with E-state index in [9.17, 15) is 10.1 Å². The maximum absolute atomic E-state index is 12.5. The molecule has 1 saturated carbocycles. The van der Waals surface area contributed by atoms with Crippen molar-refractivity contribution in [1.82, 2.24) is 5.32 Å². The van der Waals surface area contributed by atoms with Crippen LogP contribution in [-0.4, -0.2) is 18.0 Å². The van der Waals surface area contributed by atoms with Crippen LogP contribution in [0.5, 0.6) is 0 Å². The highest BCUT2D eigenvalue weighted by molar-refractivity contribution is 7.10. The fourth-order valence-corrected chi connectivity index (χ4v) is 4.27. The van der Waals surface area contributed by atoms with E-state index in [1.54, 1.807) is 11.3 Å². The minimum atomic E-state index is -0.734. The molecule has 1 aliphatic carbocycles. The second kappa shape index (κ2) is 8.24. The molecule has 0 spiro atoms. The van der Waals surface area contributed by atoms with Gasteiger partial charge in [0.2, 0.25) is 0 Å². The number of hydrogen-bond donors (Lipinski definition) is 2. The van der Waals surface area contributed by atoms with Crippen LogP contribution in [0.3, 0.4) is 0 Å². The van der Waals surface area contributed by atoms with Gasteiger partial charge in [0.1, 0.15) is 11.6 Å². The third kappa shape index (κ3) is 4.77. The summed E-state index contributed by atoms with van der Waals surface area (Å²) in [6, 6.07) is 15.2. The number of carbonyl (C=O) groups excluding carboxylic acids is 1. The van der Waals surface area contributed by atoms with E-state index in [0.29, 0.717) is 18.4 Å². The van der Waals surface area contributed by atoms with Gasteiger partial charge in [-0.1, -0.05) is 44.2 Å². The van der Waals surface area contributed by atoms with Crippen LogP contribution in [0.15, 0.2) is 41.8 Å². The normalized spacial score (nSPS) is 17.1. The molecule has 1 heterocycles. The Morgan fingerprint density at radius 2 is 1.96 bits per heavy atom. The van der Waals surface area contributed by atoms with E-state index in [1.807, 2.05) is 13.0 Å². The Morgan fingerprint density at radius 3 is 2.48 bits per heavy atom. The summed E-state index contributed by atoms with van der Waals surface area (Å²) in [7, 11) is 0. The van der Waals surface area contributed by atoms with E-state index in [4.69, 9.17) is 0 Å². The lowest BCUT2D eigenvalue weighted by Crippen LogP contribution is -2.88. The molecule has 0 unspecified atom stereocenters. The van der Waals surface area contributed by atoms with Crippen molar-refractivity contribution in [3.63, 3.8) is 0 Å². The van der Waals surface area contributed by atoms with Crippen LogP contribution in [0.2, 0.25) is 0 Å². The van der Waals surface area contributed by atoms with Gasteiger partial charge < -0.3 is 10.6 Å². The van der Waals surface area contributed by atoms with Crippen molar-refractivity contribution in [2.45, 2.75) is 51.1 Å². The Balaban J connectivity index is 1.69. The lowest BCUT2D eigenvalue weighted by atomic mass is 9.97. The standard InChI is InChI=1S/C22H27N3OS/c1-15(2)16-6-8-17(9-7-16)21(19-5-4-12-27-19)24-13-20(26)25-22(3,14-23)18-10-11-18/h4-9,12,15,18,21,24H,10-11,13H2,1-3H3,(H,25,26)/p+1/t21-,22+/m1/s1. The number of amides is 1. The highest BCUT2D eigenvalue weighted by Gasteiger charge is 2.43. The van der Waals surface area contributed by atoms with Crippen molar-refractivity contribution in [2.24, 2.45) is 5.92 Å². The summed E-state index contributed by atoms with van der Waals surface area (Å²) in [6.07, 6.45) is 2.04. The third-order valence-corrected chi connectivity index (χ3v) is 6.33. The molecular weight excluding hydrogens is 354 g/mol. The molecule has 3 rings (SSSR count). The minimum absolute atomic E-state index is 0.0775. The molecule has 1 fully saturated rings. The summed E-state index contributed by atoms with van der Waals surface area (Å²) in [4.78, 5) is 13.7. The molecule has 0 bridgehead atoms. The zero-order valence-electron chi connectivity index (χ0n) is 16.2. The van der Waals surface area contributed by atoms with E-state index in [-0.39, 0.29) is 11.9 Å². The van der Waals surface area contributed by atoms with E-state index < -0.39 is 5.54 Å². The first-order valence-corrected chi connectivity index (χ1v) is 10.5. The number of nitrogens with zero attached hydrogens (tertiary/aromatic N) is 1. The zero-order valence-corrected chi connectivity index (χ0v) is 17.1. The molecule has 3 N–H and O–H groups in total. The van der Waals surface area contributed by atoms with Gasteiger partial charge in [-0.15, -0.1) is 11.3 Å². The van der Waals surface area contributed by atoms with Gasteiger partial charge in [-0.2, -0.15) is 5.26 Å². The molecule has 2 aromatic rings. The average Bonchev–Trinajstić information content (AvgIpc) is 3.39. The fourth-order valence-electron chi connectivity index (χ4n) is 3.42. The maximum Gasteiger partial charge on any atom is 0.276 e. The van der Waals surface area contributed by atoms with Crippen molar-refractivity contribution in [2.75, 3.05) is 6.54 Å². The summed E-state index contributed by atoms with van der Waals surface area (Å²) in [5.41, 5.74) is 1.78. The van der Waals surface area contributed by atoms with Crippen molar-refractivity contribution in [3.05, 3.63) is 57.8 Å². The second-order valence-corrected chi connectivity index (χ2v) is 8.87. The third-order valence-electron chi connectivity index (χ3n) is 5.38. The van der Waals surface area contributed by atoms with Gasteiger partial charge >= 0.3 is 0 Å². The number of nitrogens with two attached hydrogens (primary N) is 1. The Bertz CT molecular complexity index is 803. The topological polar surface area (TPSA) is 69.5 Å². The van der Waals surface area contributed by atoms with Crippen LogP contribution < -0.4 is 10.6 Å². The molecule has 1 amide bonds. The van der Waals surface area contributed by atoms with E-state index in [0.717, 1.165) is 12.8 Å². The first-order chi connectivity index (χ1) is 12.9. The number of benzene rings is 1. The predicted molar refractivity (Wildman–Crippen MR) is 108 cm³/mol. The van der Waals surface area contributed by atoms with Gasteiger partial charge in [-0.05, 0) is 48.6 Å². The first kappa shape index (κ1) is 19.6. The molecule has 5 heteroatoms. The number of nitriles is 1. The molecule has 1 aromatic heterocycles. The van der Waals surface area contributed by atoms with Gasteiger partial charge in [0.25, 0.3) is 5.91 Å². The number of rotatable bonds is 8. The van der Waals surface area contributed by atoms with E-state index in [2.05, 4.69) is 66.3 Å². The Hall–Kier alpha value is -2.16. The van der Waals surface area contributed by atoms with Crippen molar-refractivity contribution < 1.29 is 10.1 Å². The van der Waals surface area contributed by atoms with Crippen molar-refractivity contribution in [3.8, 4) is 6.07 Å². The van der Waals surface area contributed by atoms with Gasteiger partial charge in [-0.25, -0.2) is 0 Å². The molecule has 4 nitrogen and oxygen atoms in total. The summed E-state index contributed by atoms with van der Waals surface area (Å²) < 4.78 is 0. The number of quaternary nitrogens is 1. The van der Waals surface area contributed by atoms with Crippen LogP contribution in [0, 0.1) is 17.2 Å². The Kier molecular flexibility index (Phi) is 5.98. The molecular formula is C22H28N3OS+. The SMILES string of the molecule is CC(C)c1ccc([C@@H]([NH2+]CC(=O)N[C@@](C)(C#N)C2CC2)c2cccs2)cc1. The molecule has 142 valence electrons. The lowest BCUT2D eigenvalue weighted by Gasteiger charge is -2.23. The smallest absolute Gasteiger partial charge is 0.276 e. The quantitative estimate of drug-likeness (QED) is 0.735. The fraction of sp³-hybridized carbons (Fsp3) is 0.455. The summed E-state index contributed by atoms with van der Waals surface area (Å²) in [5.74, 6) is 0.717. The second-order valence-electron chi connectivity index (χ2n) is 7.89. The zero-order chi connectivity index (χ0) is 19.4. The number of hydrogen-bond acceptors (Lipinski definition) is 3. The molecule has 0 saturated heterocycles. The lowest BCUT2D eigenvalue weighted by molar-refractivity contribution is -0.676. The van der Waals surface area contributed by atoms with Crippen LogP contribution in [0.1, 0.15) is 61.6 Å². The molecule has 1 aliphatic rings. The summed E-state index contributed by atoms with van der Waals surface area (Å²) in [5, 5.41) is 16.5. The number of carbonyl (C=O) groups is 1. The molecule has 0 radical (unpaired) electrons.